The number of rotatable bonds is 9. The molecule has 0 saturated carbocycles. The van der Waals surface area contributed by atoms with Gasteiger partial charge in [0.2, 0.25) is 0 Å². The molecular weight excluding hydrogens is 168 g/mol. The van der Waals surface area contributed by atoms with Crippen molar-refractivity contribution in [3.8, 4) is 0 Å². The molecule has 0 heterocycles. The van der Waals surface area contributed by atoms with E-state index in [9.17, 15) is 0 Å². The zero-order valence-corrected chi connectivity index (χ0v) is 10.1. The lowest BCUT2D eigenvalue weighted by Crippen LogP contribution is -1.99. The van der Waals surface area contributed by atoms with Crippen LogP contribution in [0.3, 0.4) is 0 Å². The molecule has 0 aliphatic heterocycles. The summed E-state index contributed by atoms with van der Waals surface area (Å²) in [6, 6.07) is 0. The molecule has 1 unspecified atom stereocenters. The first-order valence-electron chi connectivity index (χ1n) is 6.29. The summed E-state index contributed by atoms with van der Waals surface area (Å²) in [5.41, 5.74) is 0. The second-order valence-corrected chi connectivity index (χ2v) is 4.20. The summed E-state index contributed by atoms with van der Waals surface area (Å²) in [5, 5.41) is 0. The van der Waals surface area contributed by atoms with Crippen LogP contribution < -0.4 is 0 Å². The maximum Gasteiger partial charge on any atom is -0.0316 e. The Morgan fingerprint density at radius 1 is 1.00 bits per heavy atom. The Bertz CT molecular complexity index is 124. The summed E-state index contributed by atoms with van der Waals surface area (Å²) in [6.45, 7) is 8.30. The Hall–Kier alpha value is -0.260. The van der Waals surface area contributed by atoms with E-state index in [1.165, 1.54) is 51.4 Å². The van der Waals surface area contributed by atoms with E-state index in [0.29, 0.717) is 0 Å². The summed E-state index contributed by atoms with van der Waals surface area (Å²) < 4.78 is 0. The molecule has 0 amide bonds. The molecule has 83 valence electrons. The minimum absolute atomic E-state index is 0.961. The number of hydrogen-bond acceptors (Lipinski definition) is 0. The molecule has 0 heteroatoms. The van der Waals surface area contributed by atoms with Gasteiger partial charge in [-0.3, -0.25) is 0 Å². The van der Waals surface area contributed by atoms with Crippen molar-refractivity contribution in [2.75, 3.05) is 0 Å². The quantitative estimate of drug-likeness (QED) is 0.446. The third-order valence-corrected chi connectivity index (χ3v) is 2.82. The summed E-state index contributed by atoms with van der Waals surface area (Å²) >= 11 is 0. The van der Waals surface area contributed by atoms with Crippen molar-refractivity contribution >= 4 is 0 Å². The van der Waals surface area contributed by atoms with Crippen LogP contribution in [-0.2, 0) is 0 Å². The van der Waals surface area contributed by atoms with Gasteiger partial charge in [-0.05, 0) is 25.7 Å². The third-order valence-electron chi connectivity index (χ3n) is 2.82. The fraction of sp³-hybridized carbons (Fsp3) is 0.786. The van der Waals surface area contributed by atoms with Gasteiger partial charge >= 0.3 is 0 Å². The van der Waals surface area contributed by atoms with Gasteiger partial charge < -0.3 is 0 Å². The highest BCUT2D eigenvalue weighted by Gasteiger charge is 2.05. The van der Waals surface area contributed by atoms with Crippen LogP contribution in [0.1, 0.15) is 65.2 Å². The lowest BCUT2D eigenvalue weighted by Gasteiger charge is -2.14. The van der Waals surface area contributed by atoms with Gasteiger partial charge in [-0.2, -0.15) is 0 Å². The second-order valence-electron chi connectivity index (χ2n) is 4.20. The van der Waals surface area contributed by atoms with Gasteiger partial charge in [0.25, 0.3) is 0 Å². The van der Waals surface area contributed by atoms with Crippen LogP contribution in [-0.4, -0.2) is 0 Å². The van der Waals surface area contributed by atoms with Crippen molar-refractivity contribution in [3.63, 3.8) is 0 Å². The summed E-state index contributed by atoms with van der Waals surface area (Å²) in [5.74, 6) is 0.961. The van der Waals surface area contributed by atoms with E-state index in [0.717, 1.165) is 5.92 Å². The first-order valence-corrected chi connectivity index (χ1v) is 6.29. The van der Waals surface area contributed by atoms with Gasteiger partial charge in [0.1, 0.15) is 0 Å². The first kappa shape index (κ1) is 13.7. The van der Waals surface area contributed by atoms with Crippen LogP contribution >= 0.6 is 0 Å². The predicted molar refractivity (Wildman–Crippen MR) is 66.3 cm³/mol. The molecule has 1 radical (unpaired) electrons. The molecule has 0 rings (SSSR count). The maximum atomic E-state index is 3.72. The smallest absolute Gasteiger partial charge is 0.0316 e. The Labute approximate surface area is 90.8 Å². The minimum atomic E-state index is 0.961. The van der Waals surface area contributed by atoms with Crippen LogP contribution in [0.2, 0.25) is 0 Å². The van der Waals surface area contributed by atoms with Crippen LogP contribution in [0.25, 0.3) is 0 Å². The molecule has 14 heavy (non-hydrogen) atoms. The van der Waals surface area contributed by atoms with E-state index in [1.54, 1.807) is 0 Å². The van der Waals surface area contributed by atoms with Crippen molar-refractivity contribution < 1.29 is 0 Å². The van der Waals surface area contributed by atoms with Crippen LogP contribution in [0, 0.1) is 12.8 Å². The molecule has 0 aliphatic carbocycles. The Morgan fingerprint density at radius 3 is 2.36 bits per heavy atom. The van der Waals surface area contributed by atoms with E-state index >= 15 is 0 Å². The maximum absolute atomic E-state index is 3.72. The largest absolute Gasteiger partial charge is 0.0885 e. The van der Waals surface area contributed by atoms with Gasteiger partial charge in [-0.1, -0.05) is 64.5 Å². The highest BCUT2D eigenvalue weighted by Crippen LogP contribution is 2.20. The average Bonchev–Trinajstić information content (AvgIpc) is 2.18. The first-order chi connectivity index (χ1) is 6.85. The van der Waals surface area contributed by atoms with E-state index in [1.807, 2.05) is 6.08 Å². The van der Waals surface area contributed by atoms with Gasteiger partial charge in [0.15, 0.2) is 0 Å². The van der Waals surface area contributed by atoms with E-state index < -0.39 is 0 Å². The highest BCUT2D eigenvalue weighted by molar-refractivity contribution is 4.84. The van der Waals surface area contributed by atoms with Gasteiger partial charge in [-0.25, -0.2) is 0 Å². The van der Waals surface area contributed by atoms with Crippen molar-refractivity contribution in [3.05, 3.63) is 19.1 Å². The lowest BCUT2D eigenvalue weighted by atomic mass is 9.92. The van der Waals surface area contributed by atoms with Gasteiger partial charge in [0.05, 0.1) is 0 Å². The Kier molecular flexibility index (Phi) is 10.6. The standard InChI is InChI=1S/C14H27/c1-4-7-9-12-14(11-6-3)13-10-8-5-2/h4,7,14H,1,5-6,8-13H2,2-3H3. The number of hydrogen-bond donors (Lipinski definition) is 0. The molecule has 0 aromatic rings. The molecule has 0 fully saturated rings. The number of unbranched alkanes of at least 4 members (excludes halogenated alkanes) is 2. The van der Waals surface area contributed by atoms with Crippen molar-refractivity contribution in [2.24, 2.45) is 5.92 Å². The van der Waals surface area contributed by atoms with E-state index in [4.69, 9.17) is 0 Å². The molecule has 0 N–H and O–H groups in total. The highest BCUT2D eigenvalue weighted by atomic mass is 14.1. The predicted octanol–water partition coefficient (Wildman–Crippen LogP) is 5.15. The summed E-state index contributed by atoms with van der Waals surface area (Å²) in [4.78, 5) is 0. The molecule has 0 aliphatic rings. The molecule has 0 bridgehead atoms. The minimum Gasteiger partial charge on any atom is -0.0885 e. The SMILES string of the molecule is [CH2]C=CCCC(CCC)CCCCC. The Morgan fingerprint density at radius 2 is 1.79 bits per heavy atom. The second kappa shape index (κ2) is 10.8. The van der Waals surface area contributed by atoms with Crippen LogP contribution in [0.5, 0.6) is 0 Å². The molecule has 0 nitrogen and oxygen atoms in total. The molecule has 0 aromatic heterocycles. The zero-order valence-electron chi connectivity index (χ0n) is 10.1. The molecule has 0 spiro atoms. The van der Waals surface area contributed by atoms with E-state index in [2.05, 4.69) is 26.8 Å². The molecular formula is C14H27. The fourth-order valence-corrected chi connectivity index (χ4v) is 1.97. The lowest BCUT2D eigenvalue weighted by molar-refractivity contribution is 0.400. The van der Waals surface area contributed by atoms with Gasteiger partial charge in [-0.15, -0.1) is 0 Å². The van der Waals surface area contributed by atoms with Gasteiger partial charge in [0, 0.05) is 0 Å². The Balaban J connectivity index is 3.54. The normalized spacial score (nSPS) is 13.6. The monoisotopic (exact) mass is 195 g/mol. The number of allylic oxidation sites excluding steroid dienone is 2. The van der Waals surface area contributed by atoms with E-state index in [-0.39, 0.29) is 0 Å². The fourth-order valence-electron chi connectivity index (χ4n) is 1.97. The zero-order chi connectivity index (χ0) is 10.6. The van der Waals surface area contributed by atoms with Crippen molar-refractivity contribution in [1.82, 2.24) is 0 Å². The van der Waals surface area contributed by atoms with Crippen LogP contribution in [0.4, 0.5) is 0 Å². The van der Waals surface area contributed by atoms with Crippen molar-refractivity contribution in [1.29, 1.82) is 0 Å². The average molecular weight is 195 g/mol. The molecule has 0 saturated heterocycles. The van der Waals surface area contributed by atoms with Crippen LogP contribution in [0.15, 0.2) is 12.2 Å². The molecule has 0 aromatic carbocycles. The summed E-state index contributed by atoms with van der Waals surface area (Å²) in [6.07, 6.45) is 15.1. The summed E-state index contributed by atoms with van der Waals surface area (Å²) in [7, 11) is 0. The van der Waals surface area contributed by atoms with Crippen molar-refractivity contribution in [2.45, 2.75) is 65.2 Å². The third kappa shape index (κ3) is 8.34. The topological polar surface area (TPSA) is 0 Å². The molecule has 1 atom stereocenters.